The molecule has 5 aromatic heterocycles. The van der Waals surface area contributed by atoms with Gasteiger partial charge in [-0.1, -0.05) is 110 Å². The summed E-state index contributed by atoms with van der Waals surface area (Å²) in [5, 5.41) is 0. The van der Waals surface area contributed by atoms with Crippen LogP contribution in [0.25, 0.3) is 74.0 Å². The van der Waals surface area contributed by atoms with Crippen LogP contribution in [0.3, 0.4) is 0 Å². The molecule has 0 saturated heterocycles. The van der Waals surface area contributed by atoms with Crippen LogP contribution in [0.1, 0.15) is 62.5 Å². The molecule has 8 aromatic rings. The van der Waals surface area contributed by atoms with Gasteiger partial charge in [0, 0.05) is 29.7 Å². The quantitative estimate of drug-likeness (QED) is 0.104. The molecule has 2 aliphatic carbocycles. The van der Waals surface area contributed by atoms with Crippen LogP contribution in [0.4, 0.5) is 0 Å². The van der Waals surface area contributed by atoms with Crippen LogP contribution in [0.5, 0.6) is 0 Å². The third-order valence-electron chi connectivity index (χ3n) is 11.9. The van der Waals surface area contributed by atoms with Gasteiger partial charge >= 0.3 is 0 Å². The van der Waals surface area contributed by atoms with Crippen LogP contribution in [-0.2, 0) is 5.41 Å². The molecule has 2 atom stereocenters. The molecule has 0 bridgehead atoms. The van der Waals surface area contributed by atoms with Crippen molar-refractivity contribution in [2.24, 2.45) is 5.92 Å². The number of pyridine rings is 3. The third-order valence-corrected chi connectivity index (χ3v) is 11.9. The molecule has 2 aliphatic rings. The lowest BCUT2D eigenvalue weighted by Crippen LogP contribution is -2.31. The number of rotatable bonds is 9. The van der Waals surface area contributed by atoms with Gasteiger partial charge in [0.25, 0.3) is 0 Å². The summed E-state index contributed by atoms with van der Waals surface area (Å²) in [6.45, 7) is 6.37. The number of fused-ring (bicyclic) bond motifs is 3. The molecule has 0 amide bonds. The molecule has 0 fully saturated rings. The van der Waals surface area contributed by atoms with Crippen LogP contribution in [0.2, 0.25) is 0 Å². The first kappa shape index (κ1) is 38.5. The van der Waals surface area contributed by atoms with E-state index in [1.165, 1.54) is 33.4 Å². The number of allylic oxidation sites excluding steroid dienone is 6. The molecule has 10 rings (SSSR count). The van der Waals surface area contributed by atoms with Crippen molar-refractivity contribution in [2.45, 2.75) is 45.4 Å². The molecule has 0 N–H and O–H groups in total. The zero-order valence-electron chi connectivity index (χ0n) is 34.8. The molecule has 0 radical (unpaired) electrons. The van der Waals surface area contributed by atoms with E-state index in [1.807, 2.05) is 86.7 Å². The second kappa shape index (κ2) is 16.4. The summed E-state index contributed by atoms with van der Waals surface area (Å²) in [5.74, 6) is 3.84. The van der Waals surface area contributed by atoms with Crippen molar-refractivity contribution in [3.05, 3.63) is 192 Å². The van der Waals surface area contributed by atoms with Crippen molar-refractivity contribution in [1.82, 2.24) is 44.9 Å². The Morgan fingerprint density at radius 3 is 1.58 bits per heavy atom. The Hall–Kier alpha value is -7.65. The van der Waals surface area contributed by atoms with E-state index < -0.39 is 5.41 Å². The molecule has 9 heteroatoms. The Bertz CT molecular complexity index is 2960. The average Bonchev–Trinajstić information content (AvgIpc) is 3.64. The molecule has 0 spiro atoms. The Morgan fingerprint density at radius 2 is 1.08 bits per heavy atom. The fourth-order valence-corrected chi connectivity index (χ4v) is 8.77. The fraction of sp³-hybridized carbons (Fsp3) is 0.151. The highest BCUT2D eigenvalue weighted by Crippen LogP contribution is 2.59. The van der Waals surface area contributed by atoms with Crippen molar-refractivity contribution in [1.29, 1.82) is 0 Å². The van der Waals surface area contributed by atoms with Gasteiger partial charge in [0.15, 0.2) is 34.9 Å². The molecule has 300 valence electrons. The minimum absolute atomic E-state index is 0.487. The molecular formula is C53H43N9. The van der Waals surface area contributed by atoms with E-state index in [-0.39, 0.29) is 0 Å². The van der Waals surface area contributed by atoms with Gasteiger partial charge in [-0.25, -0.2) is 29.9 Å². The Morgan fingerprint density at radius 1 is 0.581 bits per heavy atom. The first-order valence-electron chi connectivity index (χ1n) is 21.1. The maximum Gasteiger partial charge on any atom is 0.182 e. The van der Waals surface area contributed by atoms with Gasteiger partial charge in [-0.3, -0.25) is 15.0 Å². The lowest BCUT2D eigenvalue weighted by molar-refractivity contribution is 0.488. The number of hydrogen-bond acceptors (Lipinski definition) is 9. The van der Waals surface area contributed by atoms with Gasteiger partial charge in [-0.05, 0) is 121 Å². The number of aromatic nitrogens is 9. The molecule has 0 saturated carbocycles. The second-order valence-corrected chi connectivity index (χ2v) is 15.9. The average molecular weight is 806 g/mol. The predicted molar refractivity (Wildman–Crippen MR) is 245 cm³/mol. The van der Waals surface area contributed by atoms with E-state index in [9.17, 15) is 0 Å². The van der Waals surface area contributed by atoms with E-state index in [1.54, 1.807) is 18.6 Å². The molecule has 5 heterocycles. The third kappa shape index (κ3) is 7.01. The maximum atomic E-state index is 5.12. The highest BCUT2D eigenvalue weighted by molar-refractivity contribution is 5.89. The topological polar surface area (TPSA) is 116 Å². The van der Waals surface area contributed by atoms with Crippen molar-refractivity contribution >= 4 is 5.57 Å². The van der Waals surface area contributed by atoms with Crippen LogP contribution in [0.15, 0.2) is 170 Å². The monoisotopic (exact) mass is 805 g/mol. The van der Waals surface area contributed by atoms with Crippen molar-refractivity contribution in [3.63, 3.8) is 0 Å². The van der Waals surface area contributed by atoms with Crippen molar-refractivity contribution in [3.8, 4) is 68.5 Å². The standard InChI is InChI=1S/C53H43N9/c1-4-5-15-35(3)47-57-48(59-50(58-47)44-18-9-12-29-54-44)36-23-27-40-41-28-24-37(49-60-51(45-19-10-13-30-55-45)62-52(61-49)46-20-11-14-31-56-46)33-43(41)53(42(40)32-36,38-16-7-6-8-17-38)39-25-21-34(2)22-26-39/h4-20,23-25,27-34H,21-22,26H2,1-3H3/b5-4-,35-15+. The minimum atomic E-state index is -0.625. The van der Waals surface area contributed by atoms with E-state index in [2.05, 4.69) is 94.7 Å². The molecule has 3 aromatic carbocycles. The van der Waals surface area contributed by atoms with Gasteiger partial charge in [0.2, 0.25) is 0 Å². The molecule has 9 nitrogen and oxygen atoms in total. The summed E-state index contributed by atoms with van der Waals surface area (Å²) in [6, 6.07) is 41.6. The Kier molecular flexibility index (Phi) is 10.2. The number of benzene rings is 3. The highest BCUT2D eigenvalue weighted by atomic mass is 15.1. The van der Waals surface area contributed by atoms with Crippen LogP contribution >= 0.6 is 0 Å². The summed E-state index contributed by atoms with van der Waals surface area (Å²) in [7, 11) is 0. The van der Waals surface area contributed by atoms with E-state index in [0.29, 0.717) is 57.9 Å². The first-order chi connectivity index (χ1) is 30.5. The van der Waals surface area contributed by atoms with Gasteiger partial charge in [0.05, 0.1) is 5.41 Å². The predicted octanol–water partition coefficient (Wildman–Crippen LogP) is 11.6. The summed E-state index contributed by atoms with van der Waals surface area (Å²) < 4.78 is 0. The number of nitrogens with zero attached hydrogens (tertiary/aromatic N) is 9. The van der Waals surface area contributed by atoms with Gasteiger partial charge in [-0.15, -0.1) is 0 Å². The molecule has 2 unspecified atom stereocenters. The largest absolute Gasteiger partial charge is 0.253 e. The Labute approximate surface area is 361 Å². The van der Waals surface area contributed by atoms with E-state index in [0.717, 1.165) is 36.0 Å². The first-order valence-corrected chi connectivity index (χ1v) is 21.1. The van der Waals surface area contributed by atoms with Crippen LogP contribution in [0, 0.1) is 5.92 Å². The van der Waals surface area contributed by atoms with Gasteiger partial charge in [0.1, 0.15) is 17.1 Å². The van der Waals surface area contributed by atoms with Crippen molar-refractivity contribution in [2.75, 3.05) is 0 Å². The zero-order valence-corrected chi connectivity index (χ0v) is 34.8. The van der Waals surface area contributed by atoms with Crippen LogP contribution < -0.4 is 0 Å². The SMILES string of the molecule is C/C=C\C=C(/C)c1nc(-c2ccc3c(c2)C(C2=CCC(C)CC2)(c2ccccc2)c2cc(-c4nc(-c5ccccn5)nc(-c5ccccn5)n4)ccc2-3)nc(-c2ccccn2)n1. The smallest absolute Gasteiger partial charge is 0.182 e. The maximum absolute atomic E-state index is 5.12. The van der Waals surface area contributed by atoms with Crippen molar-refractivity contribution < 1.29 is 0 Å². The Balaban J connectivity index is 1.21. The second-order valence-electron chi connectivity index (χ2n) is 15.9. The van der Waals surface area contributed by atoms with E-state index >= 15 is 0 Å². The number of hydrogen-bond donors (Lipinski definition) is 0. The summed E-state index contributed by atoms with van der Waals surface area (Å²) >= 11 is 0. The lowest BCUT2D eigenvalue weighted by atomic mass is 9.64. The van der Waals surface area contributed by atoms with Gasteiger partial charge < -0.3 is 0 Å². The lowest BCUT2D eigenvalue weighted by Gasteiger charge is -2.38. The molecule has 0 aliphatic heterocycles. The minimum Gasteiger partial charge on any atom is -0.253 e. The summed E-state index contributed by atoms with van der Waals surface area (Å²) in [6.07, 6.45) is 16.9. The highest BCUT2D eigenvalue weighted by Gasteiger charge is 2.48. The molecule has 62 heavy (non-hydrogen) atoms. The van der Waals surface area contributed by atoms with Crippen LogP contribution in [-0.4, -0.2) is 44.9 Å². The summed E-state index contributed by atoms with van der Waals surface area (Å²) in [4.78, 5) is 44.0. The summed E-state index contributed by atoms with van der Waals surface area (Å²) in [5.41, 5.74) is 11.4. The normalized spacial score (nSPS) is 17.1. The zero-order chi connectivity index (χ0) is 42.0. The fourth-order valence-electron chi connectivity index (χ4n) is 8.77. The van der Waals surface area contributed by atoms with E-state index in [4.69, 9.17) is 29.9 Å². The van der Waals surface area contributed by atoms with Gasteiger partial charge in [-0.2, -0.15) is 0 Å². The molecular weight excluding hydrogens is 763 g/mol.